The Kier molecular flexibility index (Phi) is 6.44. The summed E-state index contributed by atoms with van der Waals surface area (Å²) in [4.78, 5) is 28.2. The number of rotatable bonds is 3. The number of nitrogens with two attached hydrogens (primary N) is 3. The van der Waals surface area contributed by atoms with E-state index in [0.29, 0.717) is 18.2 Å². The minimum Gasteiger partial charge on any atom is -0.382 e. The van der Waals surface area contributed by atoms with Crippen LogP contribution in [0, 0.1) is 28.9 Å². The molecule has 6 N–H and O–H groups in total. The van der Waals surface area contributed by atoms with Gasteiger partial charge in [-0.05, 0) is 30.9 Å². The van der Waals surface area contributed by atoms with Gasteiger partial charge in [0, 0.05) is 12.5 Å². The molecule has 10 nitrogen and oxygen atoms in total. The first-order valence-electron chi connectivity index (χ1n) is 10.3. The molecule has 0 aliphatic heterocycles. The van der Waals surface area contributed by atoms with Crippen molar-refractivity contribution in [2.75, 3.05) is 17.2 Å². The van der Waals surface area contributed by atoms with Gasteiger partial charge in [0.2, 0.25) is 5.95 Å². The Labute approximate surface area is 202 Å². The molecular formula is C22H18ClF2N9O. The lowest BCUT2D eigenvalue weighted by Gasteiger charge is -2.14. The molecule has 5 rings (SSSR count). The second-order valence-corrected chi connectivity index (χ2v) is 8.18. The fraction of sp³-hybridized carbons (Fsp3) is 0.182. The number of pyridine rings is 1. The number of fused-ring (bicyclic) bond motifs is 1. The minimum atomic E-state index is -0.604. The summed E-state index contributed by atoms with van der Waals surface area (Å²) in [6.07, 6.45) is 5.02. The molecule has 1 saturated carbocycles. The monoisotopic (exact) mass is 497 g/mol. The maximum Gasteiger partial charge on any atom is 0.267 e. The van der Waals surface area contributed by atoms with E-state index >= 15 is 0 Å². The second kappa shape index (κ2) is 9.47. The van der Waals surface area contributed by atoms with E-state index < -0.39 is 17.2 Å². The van der Waals surface area contributed by atoms with Gasteiger partial charge < -0.3 is 17.2 Å². The lowest BCUT2D eigenvalue weighted by atomic mass is 10.2. The third-order valence-corrected chi connectivity index (χ3v) is 5.52. The fourth-order valence-corrected chi connectivity index (χ4v) is 3.63. The Morgan fingerprint density at radius 2 is 1.80 bits per heavy atom. The molecule has 13 heteroatoms. The minimum absolute atomic E-state index is 0.0116. The van der Waals surface area contributed by atoms with Gasteiger partial charge in [-0.25, -0.2) is 13.8 Å². The van der Waals surface area contributed by atoms with Crippen molar-refractivity contribution in [2.45, 2.75) is 19.3 Å². The van der Waals surface area contributed by atoms with Crippen LogP contribution in [0.4, 0.5) is 26.4 Å². The van der Waals surface area contributed by atoms with Gasteiger partial charge in [0.15, 0.2) is 0 Å². The second-order valence-electron chi connectivity index (χ2n) is 7.77. The molecule has 0 bridgehead atoms. The van der Waals surface area contributed by atoms with Gasteiger partial charge in [0.1, 0.15) is 46.2 Å². The SMILES string of the molecule is N#Cc1c(N)nc(N)nc1N.O=c1c2c(Cl)ccc(F)c2nc(CC2CC2)n1-c1cncc(F)c1. The number of aromatic nitrogens is 5. The van der Waals surface area contributed by atoms with E-state index in [1.54, 1.807) is 6.07 Å². The van der Waals surface area contributed by atoms with Crippen LogP contribution in [-0.2, 0) is 6.42 Å². The number of nitriles is 1. The first-order valence-corrected chi connectivity index (χ1v) is 10.7. The predicted octanol–water partition coefficient (Wildman–Crippen LogP) is 2.76. The summed E-state index contributed by atoms with van der Waals surface area (Å²) in [6, 6.07) is 5.46. The average Bonchev–Trinajstić information content (AvgIpc) is 3.60. The maximum absolute atomic E-state index is 14.1. The smallest absolute Gasteiger partial charge is 0.267 e. The van der Waals surface area contributed by atoms with Crippen LogP contribution < -0.4 is 22.8 Å². The molecule has 3 heterocycles. The van der Waals surface area contributed by atoms with Gasteiger partial charge in [0.25, 0.3) is 5.56 Å². The standard InChI is InChI=1S/C17H12ClF2N3O.C5H6N6/c18-12-3-4-13(20)16-15(12)17(24)23(11-6-10(19)7-21-8-11)14(22-16)5-9-1-2-9;6-1-2-3(7)10-5(9)11-4(2)8/h3-4,6-9H,1-2,5H2;(H6,7,8,9,10,11). The van der Waals surface area contributed by atoms with Crippen molar-refractivity contribution in [3.05, 3.63) is 69.0 Å². The molecule has 3 aromatic heterocycles. The number of hydrogen-bond acceptors (Lipinski definition) is 9. The Hall–Kier alpha value is -4.37. The Balaban J connectivity index is 0.000000221. The first kappa shape index (κ1) is 23.8. The van der Waals surface area contributed by atoms with Gasteiger partial charge in [-0.1, -0.05) is 11.6 Å². The van der Waals surface area contributed by atoms with Gasteiger partial charge in [-0.15, -0.1) is 0 Å². The lowest BCUT2D eigenvalue weighted by molar-refractivity contribution is 0.617. The zero-order valence-electron chi connectivity index (χ0n) is 18.0. The van der Waals surface area contributed by atoms with E-state index in [4.69, 9.17) is 34.1 Å². The number of nitrogen functional groups attached to an aromatic ring is 3. The highest BCUT2D eigenvalue weighted by Crippen LogP contribution is 2.33. The van der Waals surface area contributed by atoms with Gasteiger partial charge in [-0.3, -0.25) is 14.3 Å². The van der Waals surface area contributed by atoms with E-state index in [1.165, 1.54) is 29.0 Å². The zero-order valence-corrected chi connectivity index (χ0v) is 18.8. The van der Waals surface area contributed by atoms with Crippen molar-refractivity contribution in [1.82, 2.24) is 24.5 Å². The third-order valence-electron chi connectivity index (χ3n) is 5.20. The van der Waals surface area contributed by atoms with Crippen LogP contribution in [-0.4, -0.2) is 24.5 Å². The highest BCUT2D eigenvalue weighted by molar-refractivity contribution is 6.35. The van der Waals surface area contributed by atoms with Crippen LogP contribution >= 0.6 is 11.6 Å². The van der Waals surface area contributed by atoms with E-state index in [1.807, 2.05) is 0 Å². The summed E-state index contributed by atoms with van der Waals surface area (Å²) in [5, 5.41) is 8.56. The predicted molar refractivity (Wildman–Crippen MR) is 126 cm³/mol. The number of halogens is 3. The molecule has 0 radical (unpaired) electrons. The molecule has 0 amide bonds. The molecule has 0 atom stereocenters. The maximum atomic E-state index is 14.1. The number of benzene rings is 1. The molecule has 1 fully saturated rings. The summed E-state index contributed by atoms with van der Waals surface area (Å²) >= 11 is 6.09. The summed E-state index contributed by atoms with van der Waals surface area (Å²) < 4.78 is 29.0. The van der Waals surface area contributed by atoms with Crippen molar-refractivity contribution in [2.24, 2.45) is 5.92 Å². The number of hydrogen-bond donors (Lipinski definition) is 3. The molecule has 178 valence electrons. The molecule has 0 unspecified atom stereocenters. The summed E-state index contributed by atoms with van der Waals surface area (Å²) in [5.41, 5.74) is 15.5. The van der Waals surface area contributed by atoms with E-state index in [9.17, 15) is 13.6 Å². The molecular weight excluding hydrogens is 480 g/mol. The molecule has 35 heavy (non-hydrogen) atoms. The highest BCUT2D eigenvalue weighted by atomic mass is 35.5. The zero-order chi connectivity index (χ0) is 25.3. The summed E-state index contributed by atoms with van der Waals surface area (Å²) in [5.74, 6) is -0.378. The summed E-state index contributed by atoms with van der Waals surface area (Å²) in [7, 11) is 0. The van der Waals surface area contributed by atoms with Crippen molar-refractivity contribution >= 4 is 40.1 Å². The van der Waals surface area contributed by atoms with Crippen molar-refractivity contribution < 1.29 is 8.78 Å². The van der Waals surface area contributed by atoms with Crippen LogP contribution in [0.2, 0.25) is 5.02 Å². The van der Waals surface area contributed by atoms with Gasteiger partial charge >= 0.3 is 0 Å². The number of anilines is 3. The third kappa shape index (κ3) is 4.95. The highest BCUT2D eigenvalue weighted by Gasteiger charge is 2.26. The van der Waals surface area contributed by atoms with E-state index in [2.05, 4.69) is 19.9 Å². The van der Waals surface area contributed by atoms with Crippen LogP contribution in [0.1, 0.15) is 24.2 Å². The normalized spacial score (nSPS) is 12.6. The van der Waals surface area contributed by atoms with E-state index in [-0.39, 0.29) is 44.8 Å². The van der Waals surface area contributed by atoms with Crippen LogP contribution in [0.25, 0.3) is 16.6 Å². The molecule has 1 aromatic carbocycles. The fourth-order valence-electron chi connectivity index (χ4n) is 3.40. The van der Waals surface area contributed by atoms with Crippen LogP contribution in [0.5, 0.6) is 0 Å². The van der Waals surface area contributed by atoms with E-state index in [0.717, 1.165) is 19.0 Å². The molecule has 4 aromatic rings. The lowest BCUT2D eigenvalue weighted by Crippen LogP contribution is -2.25. The molecule has 1 aliphatic carbocycles. The van der Waals surface area contributed by atoms with Crippen molar-refractivity contribution in [3.63, 3.8) is 0 Å². The summed E-state index contributed by atoms with van der Waals surface area (Å²) in [6.45, 7) is 0. The Bertz CT molecular complexity index is 1520. The van der Waals surface area contributed by atoms with Crippen LogP contribution in [0.15, 0.2) is 35.4 Å². The molecule has 1 aliphatic rings. The van der Waals surface area contributed by atoms with Crippen molar-refractivity contribution in [1.29, 1.82) is 5.26 Å². The van der Waals surface area contributed by atoms with Gasteiger partial charge in [-0.2, -0.15) is 15.2 Å². The number of nitrogens with zero attached hydrogens (tertiary/aromatic N) is 6. The largest absolute Gasteiger partial charge is 0.382 e. The molecule has 0 spiro atoms. The quantitative estimate of drug-likeness (QED) is 0.384. The topological polar surface area (TPSA) is 175 Å². The average molecular weight is 498 g/mol. The Morgan fingerprint density at radius 1 is 1.11 bits per heavy atom. The van der Waals surface area contributed by atoms with Crippen LogP contribution in [0.3, 0.4) is 0 Å². The Morgan fingerprint density at radius 3 is 2.40 bits per heavy atom. The van der Waals surface area contributed by atoms with Crippen molar-refractivity contribution in [3.8, 4) is 11.8 Å². The first-order chi connectivity index (χ1) is 16.7. The van der Waals surface area contributed by atoms with Gasteiger partial charge in [0.05, 0.1) is 28.5 Å². The molecule has 0 saturated heterocycles.